The van der Waals surface area contributed by atoms with Crippen molar-refractivity contribution in [3.63, 3.8) is 0 Å². The SMILES string of the molecule is COc1ccc(OC)c(S(=O)(=O)Nc2ccc(Cl)c(O[C@@H]3CCN(C)C3)c2)c1. The van der Waals surface area contributed by atoms with Crippen LogP contribution in [0, 0.1) is 0 Å². The largest absolute Gasteiger partial charge is 0.497 e. The molecule has 0 bridgehead atoms. The van der Waals surface area contributed by atoms with Gasteiger partial charge in [-0.2, -0.15) is 0 Å². The second kappa shape index (κ2) is 8.46. The van der Waals surface area contributed by atoms with Gasteiger partial charge in [0.15, 0.2) is 0 Å². The van der Waals surface area contributed by atoms with Crippen LogP contribution in [0.25, 0.3) is 0 Å². The highest BCUT2D eigenvalue weighted by Crippen LogP contribution is 2.33. The highest BCUT2D eigenvalue weighted by molar-refractivity contribution is 7.92. The normalized spacial score (nSPS) is 17.4. The van der Waals surface area contributed by atoms with Crippen molar-refractivity contribution >= 4 is 27.3 Å². The van der Waals surface area contributed by atoms with Gasteiger partial charge in [0, 0.05) is 25.2 Å². The zero-order chi connectivity index (χ0) is 20.3. The minimum Gasteiger partial charge on any atom is -0.497 e. The summed E-state index contributed by atoms with van der Waals surface area (Å²) in [7, 11) is 0.986. The highest BCUT2D eigenvalue weighted by atomic mass is 35.5. The number of sulfonamides is 1. The summed E-state index contributed by atoms with van der Waals surface area (Å²) in [6, 6.07) is 9.36. The quantitative estimate of drug-likeness (QED) is 0.732. The summed E-state index contributed by atoms with van der Waals surface area (Å²) in [4.78, 5) is 2.14. The summed E-state index contributed by atoms with van der Waals surface area (Å²) >= 11 is 6.23. The number of methoxy groups -OCH3 is 2. The van der Waals surface area contributed by atoms with E-state index < -0.39 is 10.0 Å². The van der Waals surface area contributed by atoms with Gasteiger partial charge < -0.3 is 19.1 Å². The molecule has 1 aliphatic rings. The molecular weight excluding hydrogens is 404 g/mol. The predicted molar refractivity (Wildman–Crippen MR) is 108 cm³/mol. The minimum atomic E-state index is -3.92. The third-order valence-corrected chi connectivity index (χ3v) is 6.20. The van der Waals surface area contributed by atoms with Crippen molar-refractivity contribution in [1.29, 1.82) is 0 Å². The van der Waals surface area contributed by atoms with Gasteiger partial charge in [-0.05, 0) is 37.7 Å². The maximum absolute atomic E-state index is 12.9. The van der Waals surface area contributed by atoms with E-state index in [0.717, 1.165) is 19.5 Å². The topological polar surface area (TPSA) is 77.1 Å². The van der Waals surface area contributed by atoms with E-state index in [1.54, 1.807) is 30.3 Å². The first-order chi connectivity index (χ1) is 13.3. The van der Waals surface area contributed by atoms with Gasteiger partial charge in [0.2, 0.25) is 0 Å². The number of hydrogen-bond acceptors (Lipinski definition) is 6. The maximum Gasteiger partial charge on any atom is 0.265 e. The Morgan fingerprint density at radius 3 is 2.54 bits per heavy atom. The molecule has 0 aromatic heterocycles. The van der Waals surface area contributed by atoms with Gasteiger partial charge in [0.05, 0.1) is 24.9 Å². The standard InChI is InChI=1S/C19H23ClN2O5S/c1-22-9-8-15(12-22)27-18-10-13(4-6-16(18)20)21-28(23,24)19-11-14(25-2)5-7-17(19)26-3/h4-7,10-11,15,21H,8-9,12H2,1-3H3/t15-/m1/s1. The summed E-state index contributed by atoms with van der Waals surface area (Å²) in [6.07, 6.45) is 0.914. The Hall–Kier alpha value is -2.16. The van der Waals surface area contributed by atoms with Crippen LogP contribution in [0.2, 0.25) is 5.02 Å². The van der Waals surface area contributed by atoms with Crippen LogP contribution < -0.4 is 18.9 Å². The zero-order valence-electron chi connectivity index (χ0n) is 15.9. The van der Waals surface area contributed by atoms with Gasteiger partial charge in [-0.15, -0.1) is 0 Å². The average molecular weight is 427 g/mol. The Morgan fingerprint density at radius 2 is 1.89 bits per heavy atom. The summed E-state index contributed by atoms with van der Waals surface area (Å²) in [5.41, 5.74) is 0.343. The molecule has 28 heavy (non-hydrogen) atoms. The van der Waals surface area contributed by atoms with Crippen LogP contribution in [0.5, 0.6) is 17.2 Å². The predicted octanol–water partition coefficient (Wildman–Crippen LogP) is 3.24. The van der Waals surface area contributed by atoms with Crippen LogP contribution in [-0.4, -0.2) is 53.8 Å². The molecule has 2 aromatic carbocycles. The number of anilines is 1. The monoisotopic (exact) mass is 426 g/mol. The second-order valence-electron chi connectivity index (χ2n) is 6.56. The highest BCUT2D eigenvalue weighted by Gasteiger charge is 2.24. The summed E-state index contributed by atoms with van der Waals surface area (Å²) in [5.74, 6) is 1.07. The smallest absolute Gasteiger partial charge is 0.265 e. The van der Waals surface area contributed by atoms with Crippen LogP contribution in [0.4, 0.5) is 5.69 Å². The molecule has 0 aliphatic carbocycles. The van der Waals surface area contributed by atoms with E-state index in [1.807, 2.05) is 7.05 Å². The Labute approximate surface area is 170 Å². The van der Waals surface area contributed by atoms with Crippen molar-refractivity contribution in [2.24, 2.45) is 0 Å². The molecule has 1 atom stereocenters. The Morgan fingerprint density at radius 1 is 1.11 bits per heavy atom. The number of benzene rings is 2. The van der Waals surface area contributed by atoms with Crippen LogP contribution in [0.1, 0.15) is 6.42 Å². The molecule has 0 spiro atoms. The number of ether oxygens (including phenoxy) is 3. The van der Waals surface area contributed by atoms with Crippen molar-refractivity contribution in [2.45, 2.75) is 17.4 Å². The Bertz CT molecular complexity index is 951. The number of halogens is 1. The molecule has 2 aromatic rings. The lowest BCUT2D eigenvalue weighted by molar-refractivity contribution is 0.208. The molecule has 1 aliphatic heterocycles. The lowest BCUT2D eigenvalue weighted by Crippen LogP contribution is -2.21. The van der Waals surface area contributed by atoms with E-state index in [2.05, 4.69) is 9.62 Å². The molecule has 152 valence electrons. The number of nitrogens with zero attached hydrogens (tertiary/aromatic N) is 1. The Kier molecular flexibility index (Phi) is 6.22. The Balaban J connectivity index is 1.85. The lowest BCUT2D eigenvalue weighted by Gasteiger charge is -2.17. The van der Waals surface area contributed by atoms with Crippen LogP contribution >= 0.6 is 11.6 Å². The first kappa shape index (κ1) is 20.6. The number of rotatable bonds is 7. The molecule has 1 heterocycles. The van der Waals surface area contributed by atoms with Crippen molar-refractivity contribution < 1.29 is 22.6 Å². The van der Waals surface area contributed by atoms with Crippen molar-refractivity contribution in [2.75, 3.05) is 39.1 Å². The van der Waals surface area contributed by atoms with Crippen molar-refractivity contribution in [1.82, 2.24) is 4.90 Å². The van der Waals surface area contributed by atoms with Gasteiger partial charge in [0.1, 0.15) is 28.2 Å². The molecular formula is C19H23ClN2O5S. The van der Waals surface area contributed by atoms with Gasteiger partial charge in [-0.3, -0.25) is 4.72 Å². The van der Waals surface area contributed by atoms with Gasteiger partial charge >= 0.3 is 0 Å². The fourth-order valence-electron chi connectivity index (χ4n) is 3.03. The summed E-state index contributed by atoms with van der Waals surface area (Å²) < 4.78 is 44.6. The molecule has 1 fully saturated rings. The molecule has 0 unspecified atom stereocenters. The first-order valence-electron chi connectivity index (χ1n) is 8.72. The van der Waals surface area contributed by atoms with Crippen molar-refractivity contribution in [3.05, 3.63) is 41.4 Å². The van der Waals surface area contributed by atoms with E-state index in [4.69, 9.17) is 25.8 Å². The maximum atomic E-state index is 12.9. The minimum absolute atomic E-state index is 0.0211. The first-order valence-corrected chi connectivity index (χ1v) is 10.6. The molecule has 0 amide bonds. The van der Waals surface area contributed by atoms with Crippen LogP contribution in [0.15, 0.2) is 41.3 Å². The fourth-order valence-corrected chi connectivity index (χ4v) is 4.43. The van der Waals surface area contributed by atoms with Crippen LogP contribution in [0.3, 0.4) is 0 Å². The van der Waals surface area contributed by atoms with Gasteiger partial charge in [0.25, 0.3) is 10.0 Å². The molecule has 0 saturated carbocycles. The molecule has 7 nitrogen and oxygen atoms in total. The number of nitrogens with one attached hydrogen (secondary N) is 1. The van der Waals surface area contributed by atoms with E-state index >= 15 is 0 Å². The summed E-state index contributed by atoms with van der Waals surface area (Å²) in [6.45, 7) is 1.75. The number of likely N-dealkylation sites (tertiary alicyclic amines) is 1. The van der Waals surface area contributed by atoms with E-state index in [-0.39, 0.29) is 16.7 Å². The zero-order valence-corrected chi connectivity index (χ0v) is 17.5. The van der Waals surface area contributed by atoms with E-state index in [9.17, 15) is 8.42 Å². The van der Waals surface area contributed by atoms with E-state index in [0.29, 0.717) is 22.2 Å². The van der Waals surface area contributed by atoms with Crippen LogP contribution in [-0.2, 0) is 10.0 Å². The van der Waals surface area contributed by atoms with Gasteiger partial charge in [-0.1, -0.05) is 11.6 Å². The third kappa shape index (κ3) is 4.63. The third-order valence-electron chi connectivity index (χ3n) is 4.49. The van der Waals surface area contributed by atoms with Gasteiger partial charge in [-0.25, -0.2) is 8.42 Å². The second-order valence-corrected chi connectivity index (χ2v) is 8.62. The van der Waals surface area contributed by atoms with Crippen molar-refractivity contribution in [3.8, 4) is 17.2 Å². The lowest BCUT2D eigenvalue weighted by atomic mass is 10.3. The molecule has 9 heteroatoms. The van der Waals surface area contributed by atoms with E-state index in [1.165, 1.54) is 20.3 Å². The number of likely N-dealkylation sites (N-methyl/N-ethyl adjacent to an activating group) is 1. The average Bonchev–Trinajstić information content (AvgIpc) is 3.08. The summed E-state index contributed by atoms with van der Waals surface area (Å²) in [5, 5.41) is 0.427. The molecule has 3 rings (SSSR count). The fraction of sp³-hybridized carbons (Fsp3) is 0.368. The molecule has 1 saturated heterocycles. The molecule has 0 radical (unpaired) electrons. The number of hydrogen-bond donors (Lipinski definition) is 1. The molecule has 1 N–H and O–H groups in total.